The van der Waals surface area contributed by atoms with Crippen molar-refractivity contribution in [1.82, 2.24) is 4.90 Å². The first-order valence-electron chi connectivity index (χ1n) is 10.7. The molecule has 0 radical (unpaired) electrons. The van der Waals surface area contributed by atoms with E-state index in [9.17, 15) is 5.11 Å². The van der Waals surface area contributed by atoms with Gasteiger partial charge in [-0.2, -0.15) is 0 Å². The van der Waals surface area contributed by atoms with E-state index < -0.39 is 6.10 Å². The molecule has 4 heteroatoms. The molecule has 4 nitrogen and oxygen atoms in total. The van der Waals surface area contributed by atoms with Crippen molar-refractivity contribution in [2.45, 2.75) is 12.7 Å². The minimum atomic E-state index is -0.461. The second-order valence-electron chi connectivity index (χ2n) is 7.86. The zero-order valence-corrected chi connectivity index (χ0v) is 17.4. The van der Waals surface area contributed by atoms with E-state index >= 15 is 0 Å². The Hall–Kier alpha value is -2.66. The molecule has 0 aliphatic carbocycles. The van der Waals surface area contributed by atoms with Crippen LogP contribution < -0.4 is 4.90 Å². The van der Waals surface area contributed by atoms with Crippen LogP contribution in [0.3, 0.4) is 0 Å². The van der Waals surface area contributed by atoms with Gasteiger partial charge in [-0.1, -0.05) is 72.8 Å². The van der Waals surface area contributed by atoms with E-state index in [2.05, 4.69) is 82.6 Å². The molecule has 1 saturated heterocycles. The average Bonchev–Trinajstić information content (AvgIpc) is 2.81. The maximum Gasteiger partial charge on any atom is 0.0900 e. The SMILES string of the molecule is O[C@H](COCc1ccc(-c2ccccc2)cc1)CN1CCN(c2ccccc2)CC1. The van der Waals surface area contributed by atoms with Crippen molar-refractivity contribution in [3.05, 3.63) is 90.5 Å². The number of para-hydroxylation sites is 1. The lowest BCUT2D eigenvalue weighted by molar-refractivity contribution is 0.00914. The van der Waals surface area contributed by atoms with E-state index in [1.54, 1.807) is 0 Å². The minimum Gasteiger partial charge on any atom is -0.389 e. The Bertz CT molecular complexity index is 876. The molecule has 1 aliphatic rings. The lowest BCUT2D eigenvalue weighted by Gasteiger charge is -2.36. The number of hydrogen-bond donors (Lipinski definition) is 1. The molecule has 1 fully saturated rings. The van der Waals surface area contributed by atoms with Crippen LogP contribution in [0.15, 0.2) is 84.9 Å². The lowest BCUT2D eigenvalue weighted by atomic mass is 10.0. The molecule has 1 atom stereocenters. The second kappa shape index (κ2) is 10.4. The third-order valence-electron chi connectivity index (χ3n) is 5.60. The van der Waals surface area contributed by atoms with Gasteiger partial charge in [-0.3, -0.25) is 4.90 Å². The van der Waals surface area contributed by atoms with Gasteiger partial charge in [0, 0.05) is 38.4 Å². The second-order valence-corrected chi connectivity index (χ2v) is 7.86. The number of benzene rings is 3. The zero-order valence-electron chi connectivity index (χ0n) is 17.4. The number of rotatable bonds is 8. The Kier molecular flexibility index (Phi) is 7.14. The van der Waals surface area contributed by atoms with Gasteiger partial charge in [-0.05, 0) is 28.8 Å². The molecule has 0 unspecified atom stereocenters. The van der Waals surface area contributed by atoms with Crippen LogP contribution in [0.5, 0.6) is 0 Å². The molecule has 0 spiro atoms. The molecule has 1 N–H and O–H groups in total. The Morgan fingerprint density at radius 3 is 2.00 bits per heavy atom. The Morgan fingerprint density at radius 1 is 0.733 bits per heavy atom. The van der Waals surface area contributed by atoms with Gasteiger partial charge in [0.15, 0.2) is 0 Å². The number of aliphatic hydroxyl groups is 1. The molecule has 30 heavy (non-hydrogen) atoms. The highest BCUT2D eigenvalue weighted by Gasteiger charge is 2.19. The largest absolute Gasteiger partial charge is 0.389 e. The van der Waals surface area contributed by atoms with E-state index in [1.807, 2.05) is 12.1 Å². The monoisotopic (exact) mass is 402 g/mol. The first kappa shape index (κ1) is 20.6. The van der Waals surface area contributed by atoms with Crippen molar-refractivity contribution in [2.75, 3.05) is 44.2 Å². The number of hydrogen-bond acceptors (Lipinski definition) is 4. The summed E-state index contributed by atoms with van der Waals surface area (Å²) in [5, 5.41) is 10.4. The summed E-state index contributed by atoms with van der Waals surface area (Å²) in [5.41, 5.74) is 4.82. The fraction of sp³-hybridized carbons (Fsp3) is 0.308. The van der Waals surface area contributed by atoms with Crippen LogP contribution >= 0.6 is 0 Å². The molecule has 3 aromatic rings. The van der Waals surface area contributed by atoms with Gasteiger partial charge in [0.1, 0.15) is 0 Å². The third kappa shape index (κ3) is 5.70. The van der Waals surface area contributed by atoms with Gasteiger partial charge < -0.3 is 14.7 Å². The predicted molar refractivity (Wildman–Crippen MR) is 123 cm³/mol. The van der Waals surface area contributed by atoms with Crippen molar-refractivity contribution in [2.24, 2.45) is 0 Å². The van der Waals surface area contributed by atoms with Gasteiger partial charge in [0.2, 0.25) is 0 Å². The minimum absolute atomic E-state index is 0.360. The maximum atomic E-state index is 10.4. The van der Waals surface area contributed by atoms with Gasteiger partial charge in [-0.15, -0.1) is 0 Å². The van der Waals surface area contributed by atoms with Gasteiger partial charge in [0.25, 0.3) is 0 Å². The van der Waals surface area contributed by atoms with E-state index in [1.165, 1.54) is 16.8 Å². The van der Waals surface area contributed by atoms with Crippen LogP contribution in [0.2, 0.25) is 0 Å². The molecule has 1 heterocycles. The fourth-order valence-electron chi connectivity index (χ4n) is 3.92. The van der Waals surface area contributed by atoms with Crippen molar-refractivity contribution in [1.29, 1.82) is 0 Å². The van der Waals surface area contributed by atoms with Crippen molar-refractivity contribution in [3.8, 4) is 11.1 Å². The molecule has 4 rings (SSSR count). The summed E-state index contributed by atoms with van der Waals surface area (Å²) in [5.74, 6) is 0. The summed E-state index contributed by atoms with van der Waals surface area (Å²) in [7, 11) is 0. The number of aliphatic hydroxyl groups excluding tert-OH is 1. The lowest BCUT2D eigenvalue weighted by Crippen LogP contribution is -2.49. The van der Waals surface area contributed by atoms with Crippen LogP contribution in [0.4, 0.5) is 5.69 Å². The van der Waals surface area contributed by atoms with E-state index in [0.717, 1.165) is 31.7 Å². The van der Waals surface area contributed by atoms with Crippen LogP contribution in [-0.2, 0) is 11.3 Å². The number of ether oxygens (including phenoxy) is 1. The van der Waals surface area contributed by atoms with Crippen LogP contribution in [0.25, 0.3) is 11.1 Å². The van der Waals surface area contributed by atoms with Gasteiger partial charge in [-0.25, -0.2) is 0 Å². The fourth-order valence-corrected chi connectivity index (χ4v) is 3.92. The molecule has 0 aromatic heterocycles. The molecule has 1 aliphatic heterocycles. The molecule has 156 valence electrons. The van der Waals surface area contributed by atoms with E-state index in [0.29, 0.717) is 19.8 Å². The smallest absolute Gasteiger partial charge is 0.0900 e. The molecule has 0 bridgehead atoms. The molecule has 0 amide bonds. The van der Waals surface area contributed by atoms with E-state index in [-0.39, 0.29) is 0 Å². The van der Waals surface area contributed by atoms with Gasteiger partial charge >= 0.3 is 0 Å². The highest BCUT2D eigenvalue weighted by molar-refractivity contribution is 5.63. The standard InChI is InChI=1S/C26H30N2O2/c29-26(19-27-15-17-28(18-16-27)25-9-5-2-6-10-25)21-30-20-22-11-13-24(14-12-22)23-7-3-1-4-8-23/h1-14,26,29H,15-21H2/t26-/m0/s1. The Morgan fingerprint density at radius 2 is 1.33 bits per heavy atom. The van der Waals surface area contributed by atoms with Crippen molar-refractivity contribution in [3.63, 3.8) is 0 Å². The zero-order chi connectivity index (χ0) is 20.6. The maximum absolute atomic E-state index is 10.4. The Balaban J connectivity index is 1.16. The van der Waals surface area contributed by atoms with Crippen molar-refractivity contribution < 1.29 is 9.84 Å². The topological polar surface area (TPSA) is 35.9 Å². The highest BCUT2D eigenvalue weighted by atomic mass is 16.5. The molecule has 0 saturated carbocycles. The first-order chi connectivity index (χ1) is 14.8. The predicted octanol–water partition coefficient (Wildman–Crippen LogP) is 4.05. The summed E-state index contributed by atoms with van der Waals surface area (Å²) >= 11 is 0. The van der Waals surface area contributed by atoms with Crippen molar-refractivity contribution >= 4 is 5.69 Å². The third-order valence-corrected chi connectivity index (χ3v) is 5.60. The quantitative estimate of drug-likeness (QED) is 0.617. The Labute approximate surface area is 179 Å². The van der Waals surface area contributed by atoms with Gasteiger partial charge in [0.05, 0.1) is 19.3 Å². The van der Waals surface area contributed by atoms with Crippen LogP contribution in [0, 0.1) is 0 Å². The molecular formula is C26H30N2O2. The van der Waals surface area contributed by atoms with Crippen LogP contribution in [-0.4, -0.2) is 55.4 Å². The summed E-state index contributed by atoms with van der Waals surface area (Å²) in [6.07, 6.45) is -0.461. The number of anilines is 1. The summed E-state index contributed by atoms with van der Waals surface area (Å²) < 4.78 is 5.77. The summed E-state index contributed by atoms with van der Waals surface area (Å²) in [4.78, 5) is 4.72. The summed E-state index contributed by atoms with van der Waals surface area (Å²) in [6, 6.07) is 29.3. The highest BCUT2D eigenvalue weighted by Crippen LogP contribution is 2.19. The van der Waals surface area contributed by atoms with Crippen LogP contribution in [0.1, 0.15) is 5.56 Å². The number of nitrogens with zero attached hydrogens (tertiary/aromatic N) is 2. The number of β-amino-alcohol motifs (C(OH)–C–C–N with tert-alkyl or cyclic N) is 1. The molecule has 3 aromatic carbocycles. The average molecular weight is 403 g/mol. The normalized spacial score (nSPS) is 15.8. The molecular weight excluding hydrogens is 372 g/mol. The summed E-state index contributed by atoms with van der Waals surface area (Å²) in [6.45, 7) is 5.46. The van der Waals surface area contributed by atoms with E-state index in [4.69, 9.17) is 4.74 Å². The first-order valence-corrected chi connectivity index (χ1v) is 10.7. The number of piperazine rings is 1.